The quantitative estimate of drug-likeness (QED) is 0.372. The van der Waals surface area contributed by atoms with Crippen molar-refractivity contribution in [3.63, 3.8) is 0 Å². The first kappa shape index (κ1) is 15.2. The van der Waals surface area contributed by atoms with E-state index >= 15 is 0 Å². The molecule has 0 saturated carbocycles. The summed E-state index contributed by atoms with van der Waals surface area (Å²) in [5.74, 6) is 0. The molecule has 3 N–H and O–H groups in total. The van der Waals surface area contributed by atoms with Gasteiger partial charge in [-0.25, -0.2) is 0 Å². The van der Waals surface area contributed by atoms with E-state index in [2.05, 4.69) is 10.0 Å². The van der Waals surface area contributed by atoms with Gasteiger partial charge < -0.3 is 24.8 Å². The Bertz CT molecular complexity index is 326. The van der Waals surface area contributed by atoms with Crippen molar-refractivity contribution < 1.29 is 24.8 Å². The van der Waals surface area contributed by atoms with Gasteiger partial charge in [0.05, 0.1) is 18.2 Å². The Morgan fingerprint density at radius 2 is 1.83 bits per heavy atom. The molecule has 0 bridgehead atoms. The van der Waals surface area contributed by atoms with Crippen molar-refractivity contribution in [3.05, 3.63) is 10.4 Å². The third kappa shape index (κ3) is 3.81. The van der Waals surface area contributed by atoms with Crippen LogP contribution in [0.2, 0.25) is 0 Å². The molecule has 104 valence electrons. The Morgan fingerprint density at radius 1 is 1.22 bits per heavy atom. The number of hydrogen-bond acceptors (Lipinski definition) is 6. The highest BCUT2D eigenvalue weighted by Crippen LogP contribution is 2.25. The Hall–Kier alpha value is -0.890. The molecule has 0 amide bonds. The molecule has 1 fully saturated rings. The molecule has 8 heteroatoms. The highest BCUT2D eigenvalue weighted by Gasteiger charge is 2.45. The van der Waals surface area contributed by atoms with Gasteiger partial charge >= 0.3 is 0 Å². The summed E-state index contributed by atoms with van der Waals surface area (Å²) in [6.07, 6.45) is -6.09. The van der Waals surface area contributed by atoms with Gasteiger partial charge in [-0.1, -0.05) is 5.11 Å². The van der Waals surface area contributed by atoms with Crippen LogP contribution < -0.4 is 0 Å². The van der Waals surface area contributed by atoms with Crippen molar-refractivity contribution >= 4 is 0 Å². The lowest BCUT2D eigenvalue weighted by molar-refractivity contribution is -0.315. The number of ether oxygens (including phenoxy) is 2. The van der Waals surface area contributed by atoms with Gasteiger partial charge in [0.15, 0.2) is 6.29 Å². The monoisotopic (exact) mass is 261 g/mol. The summed E-state index contributed by atoms with van der Waals surface area (Å²) in [6.45, 7) is 5.15. The summed E-state index contributed by atoms with van der Waals surface area (Å²) < 4.78 is 10.8. The largest absolute Gasteiger partial charge is 0.388 e. The fourth-order valence-electron chi connectivity index (χ4n) is 1.63. The van der Waals surface area contributed by atoms with Crippen LogP contribution in [-0.4, -0.2) is 58.2 Å². The van der Waals surface area contributed by atoms with Gasteiger partial charge in [0.1, 0.15) is 18.3 Å². The van der Waals surface area contributed by atoms with E-state index < -0.39 is 36.3 Å². The molecule has 5 atom stereocenters. The first-order valence-corrected chi connectivity index (χ1v) is 5.64. The minimum atomic E-state index is -1.41. The molecule has 8 nitrogen and oxygen atoms in total. The molecular weight excluding hydrogens is 242 g/mol. The summed E-state index contributed by atoms with van der Waals surface area (Å²) in [7, 11) is 0. The highest BCUT2D eigenvalue weighted by molar-refractivity contribution is 4.90. The van der Waals surface area contributed by atoms with Gasteiger partial charge in [-0.3, -0.25) is 0 Å². The normalized spacial score (nSPS) is 37.1. The molecule has 0 spiro atoms. The van der Waals surface area contributed by atoms with Crippen LogP contribution in [0.5, 0.6) is 0 Å². The molecule has 0 aliphatic carbocycles. The lowest BCUT2D eigenvalue weighted by atomic mass is 9.98. The van der Waals surface area contributed by atoms with Crippen molar-refractivity contribution in [2.75, 3.05) is 6.54 Å². The molecule has 2 unspecified atom stereocenters. The lowest BCUT2D eigenvalue weighted by Gasteiger charge is -2.42. The van der Waals surface area contributed by atoms with E-state index in [4.69, 9.17) is 15.0 Å². The second-order valence-corrected chi connectivity index (χ2v) is 5.16. The average Bonchev–Trinajstić information content (AvgIpc) is 2.27. The minimum absolute atomic E-state index is 0.147. The summed E-state index contributed by atoms with van der Waals surface area (Å²) in [5.41, 5.74) is 7.64. The van der Waals surface area contributed by atoms with Gasteiger partial charge in [0, 0.05) is 4.91 Å². The maximum Gasteiger partial charge on any atom is 0.187 e. The number of rotatable bonds is 3. The molecule has 1 aliphatic heterocycles. The van der Waals surface area contributed by atoms with Crippen molar-refractivity contribution in [2.24, 2.45) is 5.11 Å². The predicted molar refractivity (Wildman–Crippen MR) is 61.5 cm³/mol. The minimum Gasteiger partial charge on any atom is -0.388 e. The van der Waals surface area contributed by atoms with Crippen molar-refractivity contribution in [3.8, 4) is 0 Å². The summed E-state index contributed by atoms with van der Waals surface area (Å²) in [4.78, 5) is 2.56. The van der Waals surface area contributed by atoms with Crippen LogP contribution in [0.15, 0.2) is 5.11 Å². The molecule has 0 aromatic rings. The van der Waals surface area contributed by atoms with Crippen LogP contribution in [0.4, 0.5) is 0 Å². The van der Waals surface area contributed by atoms with Gasteiger partial charge in [-0.15, -0.1) is 0 Å². The van der Waals surface area contributed by atoms with Gasteiger partial charge in [0.2, 0.25) is 0 Å². The molecular formula is C10H19N3O5. The van der Waals surface area contributed by atoms with Crippen molar-refractivity contribution in [1.82, 2.24) is 0 Å². The van der Waals surface area contributed by atoms with Crippen LogP contribution in [0.25, 0.3) is 10.4 Å². The third-order valence-electron chi connectivity index (χ3n) is 2.46. The molecule has 0 aromatic heterocycles. The average molecular weight is 261 g/mol. The van der Waals surface area contributed by atoms with E-state index in [1.54, 1.807) is 20.8 Å². The Morgan fingerprint density at radius 3 is 2.33 bits per heavy atom. The molecule has 0 radical (unpaired) electrons. The highest BCUT2D eigenvalue weighted by atomic mass is 16.7. The van der Waals surface area contributed by atoms with Crippen molar-refractivity contribution in [1.29, 1.82) is 0 Å². The zero-order valence-corrected chi connectivity index (χ0v) is 10.6. The zero-order chi connectivity index (χ0) is 13.9. The van der Waals surface area contributed by atoms with E-state index in [1.807, 2.05) is 0 Å². The topological polar surface area (TPSA) is 128 Å². The second kappa shape index (κ2) is 5.83. The molecule has 1 saturated heterocycles. The maximum atomic E-state index is 9.75. The van der Waals surface area contributed by atoms with Crippen LogP contribution in [-0.2, 0) is 9.47 Å². The van der Waals surface area contributed by atoms with E-state index in [1.165, 1.54) is 0 Å². The first-order valence-electron chi connectivity index (χ1n) is 5.64. The number of aliphatic hydroxyl groups excluding tert-OH is 3. The van der Waals surface area contributed by atoms with Gasteiger partial charge in [-0.2, -0.15) is 0 Å². The standard InChI is InChI=1S/C10H19N3O5/c1-10(2,3)18-9-8(16)7(15)6(14)5(17-9)4-12-13-11/h5-9,14-16H,4H2,1-3H3/t5?,6-,7?,8-,9+/m0/s1. The second-order valence-electron chi connectivity index (χ2n) is 5.16. The SMILES string of the molecule is CC(C)(C)O[C@H]1OC(CN=[N+]=[N-])[C@H](O)C(O)[C@@H]1O. The zero-order valence-electron chi connectivity index (χ0n) is 10.6. The van der Waals surface area contributed by atoms with E-state index in [9.17, 15) is 15.3 Å². The van der Waals surface area contributed by atoms with Crippen molar-refractivity contribution in [2.45, 2.75) is 57.1 Å². The summed E-state index contributed by atoms with van der Waals surface area (Å²) in [5, 5.41) is 32.4. The fraction of sp³-hybridized carbons (Fsp3) is 1.00. The van der Waals surface area contributed by atoms with E-state index in [0.29, 0.717) is 0 Å². The number of aliphatic hydroxyl groups is 3. The van der Waals surface area contributed by atoms with Crippen LogP contribution >= 0.6 is 0 Å². The van der Waals surface area contributed by atoms with E-state index in [-0.39, 0.29) is 6.54 Å². The van der Waals surface area contributed by atoms with Gasteiger partial charge in [0.25, 0.3) is 0 Å². The summed E-state index contributed by atoms with van der Waals surface area (Å²) >= 11 is 0. The molecule has 1 rings (SSSR count). The molecule has 18 heavy (non-hydrogen) atoms. The predicted octanol–water partition coefficient (Wildman–Crippen LogP) is -0.0806. The fourth-order valence-corrected chi connectivity index (χ4v) is 1.63. The van der Waals surface area contributed by atoms with Crippen LogP contribution in [0, 0.1) is 0 Å². The molecule has 0 aromatic carbocycles. The van der Waals surface area contributed by atoms with Crippen LogP contribution in [0.3, 0.4) is 0 Å². The lowest BCUT2D eigenvalue weighted by Crippen LogP contribution is -2.60. The Kier molecular flexibility index (Phi) is 4.92. The number of azide groups is 1. The smallest absolute Gasteiger partial charge is 0.187 e. The Labute approximate surface area is 105 Å². The maximum absolute atomic E-state index is 9.75. The number of hydrogen-bond donors (Lipinski definition) is 3. The summed E-state index contributed by atoms with van der Waals surface area (Å²) in [6, 6.07) is 0. The van der Waals surface area contributed by atoms with Gasteiger partial charge in [-0.05, 0) is 26.3 Å². The number of nitrogens with zero attached hydrogens (tertiary/aromatic N) is 3. The van der Waals surface area contributed by atoms with E-state index in [0.717, 1.165) is 0 Å². The molecule has 1 aliphatic rings. The molecule has 1 heterocycles. The first-order chi connectivity index (χ1) is 8.26. The third-order valence-corrected chi connectivity index (χ3v) is 2.46. The van der Waals surface area contributed by atoms with Crippen LogP contribution in [0.1, 0.15) is 20.8 Å². The Balaban J connectivity index is 2.76.